The standard InChI is InChI=1S/C13H11BrN2O3S/c1-16(12(17)7-4-11(14)20-6-7)10-3-2-8(15)5-9(10)13(18)19/h2-6H,15H2,1H3,(H,18,19). The van der Waals surface area contributed by atoms with E-state index in [4.69, 9.17) is 5.73 Å². The van der Waals surface area contributed by atoms with Crippen LogP contribution in [0.1, 0.15) is 20.7 Å². The smallest absolute Gasteiger partial charge is 0.337 e. The fourth-order valence-corrected chi connectivity index (χ4v) is 2.87. The number of hydrogen-bond acceptors (Lipinski definition) is 4. The Morgan fingerprint density at radius 3 is 2.60 bits per heavy atom. The van der Waals surface area contributed by atoms with Gasteiger partial charge < -0.3 is 15.7 Å². The number of rotatable bonds is 3. The Kier molecular flexibility index (Phi) is 4.10. The maximum Gasteiger partial charge on any atom is 0.337 e. The molecule has 7 heteroatoms. The summed E-state index contributed by atoms with van der Waals surface area (Å²) in [5.41, 5.74) is 6.72. The van der Waals surface area contributed by atoms with E-state index in [-0.39, 0.29) is 11.5 Å². The van der Waals surface area contributed by atoms with Crippen LogP contribution in [0, 0.1) is 0 Å². The Bertz CT molecular complexity index is 684. The summed E-state index contributed by atoms with van der Waals surface area (Å²) in [6.07, 6.45) is 0. The van der Waals surface area contributed by atoms with Gasteiger partial charge in [0.15, 0.2) is 0 Å². The first-order valence-corrected chi connectivity index (χ1v) is 7.22. The van der Waals surface area contributed by atoms with Crippen LogP contribution in [0.3, 0.4) is 0 Å². The molecular weight excluding hydrogens is 344 g/mol. The summed E-state index contributed by atoms with van der Waals surface area (Å²) in [4.78, 5) is 24.9. The Balaban J connectivity index is 2.40. The summed E-state index contributed by atoms with van der Waals surface area (Å²) in [6, 6.07) is 6.12. The second-order valence-corrected chi connectivity index (χ2v) is 6.38. The molecule has 0 radical (unpaired) electrons. The second kappa shape index (κ2) is 5.64. The van der Waals surface area contributed by atoms with Crippen molar-refractivity contribution in [2.24, 2.45) is 0 Å². The van der Waals surface area contributed by atoms with Gasteiger partial charge in [0, 0.05) is 18.1 Å². The van der Waals surface area contributed by atoms with Gasteiger partial charge in [0.2, 0.25) is 0 Å². The van der Waals surface area contributed by atoms with Crippen LogP contribution in [0.4, 0.5) is 11.4 Å². The first kappa shape index (κ1) is 14.5. The van der Waals surface area contributed by atoms with Gasteiger partial charge >= 0.3 is 5.97 Å². The van der Waals surface area contributed by atoms with Crippen LogP contribution in [0.5, 0.6) is 0 Å². The maximum absolute atomic E-state index is 12.3. The average Bonchev–Trinajstić information content (AvgIpc) is 2.83. The summed E-state index contributed by atoms with van der Waals surface area (Å²) in [7, 11) is 1.53. The highest BCUT2D eigenvalue weighted by Gasteiger charge is 2.20. The van der Waals surface area contributed by atoms with Crippen molar-refractivity contribution < 1.29 is 14.7 Å². The number of anilines is 2. The number of halogens is 1. The van der Waals surface area contributed by atoms with E-state index in [9.17, 15) is 14.7 Å². The lowest BCUT2D eigenvalue weighted by molar-refractivity contribution is 0.0698. The van der Waals surface area contributed by atoms with Crippen LogP contribution in [0.25, 0.3) is 0 Å². The van der Waals surface area contributed by atoms with Crippen LogP contribution in [-0.4, -0.2) is 24.0 Å². The molecule has 0 atom stereocenters. The third-order valence-electron chi connectivity index (χ3n) is 2.73. The SMILES string of the molecule is CN(C(=O)c1csc(Br)c1)c1ccc(N)cc1C(=O)O. The number of amides is 1. The Labute approximate surface area is 127 Å². The molecule has 0 spiro atoms. The summed E-state index contributed by atoms with van der Waals surface area (Å²) in [5.74, 6) is -1.40. The molecule has 0 saturated heterocycles. The van der Waals surface area contributed by atoms with Crippen molar-refractivity contribution in [3.63, 3.8) is 0 Å². The minimum absolute atomic E-state index is 0.00450. The van der Waals surface area contributed by atoms with Gasteiger partial charge in [-0.2, -0.15) is 0 Å². The van der Waals surface area contributed by atoms with E-state index >= 15 is 0 Å². The van der Waals surface area contributed by atoms with Crippen LogP contribution < -0.4 is 10.6 Å². The normalized spacial score (nSPS) is 10.3. The number of thiophene rings is 1. The number of benzene rings is 1. The molecule has 104 valence electrons. The molecule has 1 heterocycles. The minimum atomic E-state index is -1.13. The lowest BCUT2D eigenvalue weighted by Gasteiger charge is -2.19. The predicted octanol–water partition coefficient (Wildman–Crippen LogP) is 3.07. The zero-order valence-corrected chi connectivity index (χ0v) is 12.9. The van der Waals surface area contributed by atoms with Gasteiger partial charge in [-0.05, 0) is 40.2 Å². The molecule has 0 bridgehead atoms. The fourth-order valence-electron chi connectivity index (χ4n) is 1.74. The van der Waals surface area contributed by atoms with Crippen LogP contribution in [0.15, 0.2) is 33.4 Å². The number of nitrogens with two attached hydrogens (primary N) is 1. The van der Waals surface area contributed by atoms with Crippen LogP contribution in [-0.2, 0) is 0 Å². The first-order valence-electron chi connectivity index (χ1n) is 5.55. The van der Waals surface area contributed by atoms with E-state index in [1.54, 1.807) is 17.5 Å². The molecule has 0 unspecified atom stereocenters. The topological polar surface area (TPSA) is 83.6 Å². The van der Waals surface area contributed by atoms with Crippen LogP contribution in [0.2, 0.25) is 0 Å². The van der Waals surface area contributed by atoms with Crippen molar-refractivity contribution in [1.29, 1.82) is 0 Å². The molecule has 0 saturated carbocycles. The van der Waals surface area contributed by atoms with E-state index in [1.807, 2.05) is 0 Å². The maximum atomic E-state index is 12.3. The van der Waals surface area contributed by atoms with Gasteiger partial charge in [-0.1, -0.05) is 0 Å². The molecule has 2 aromatic rings. The van der Waals surface area contributed by atoms with Gasteiger partial charge in [0.05, 0.1) is 20.6 Å². The molecule has 2 rings (SSSR count). The lowest BCUT2D eigenvalue weighted by atomic mass is 10.1. The summed E-state index contributed by atoms with van der Waals surface area (Å²) < 4.78 is 0.838. The van der Waals surface area contributed by atoms with Crippen molar-refractivity contribution in [2.75, 3.05) is 17.7 Å². The summed E-state index contributed by atoms with van der Waals surface area (Å²) in [5, 5.41) is 10.9. The van der Waals surface area contributed by atoms with E-state index < -0.39 is 5.97 Å². The molecule has 0 aliphatic heterocycles. The highest BCUT2D eigenvalue weighted by Crippen LogP contribution is 2.26. The molecule has 0 aliphatic carbocycles. The number of aromatic carboxylic acids is 1. The van der Waals surface area contributed by atoms with Crippen molar-refractivity contribution in [1.82, 2.24) is 0 Å². The monoisotopic (exact) mass is 354 g/mol. The number of carboxylic acid groups (broad SMARTS) is 1. The Morgan fingerprint density at radius 1 is 1.35 bits per heavy atom. The average molecular weight is 355 g/mol. The number of carbonyl (C=O) groups is 2. The van der Waals surface area contributed by atoms with Crippen molar-refractivity contribution >= 4 is 50.5 Å². The molecule has 1 aromatic carbocycles. The van der Waals surface area contributed by atoms with E-state index in [0.29, 0.717) is 16.9 Å². The zero-order chi connectivity index (χ0) is 14.9. The molecule has 3 N–H and O–H groups in total. The first-order chi connectivity index (χ1) is 9.40. The third kappa shape index (κ3) is 2.83. The number of nitrogen functional groups attached to an aromatic ring is 1. The largest absolute Gasteiger partial charge is 0.478 e. The minimum Gasteiger partial charge on any atom is -0.478 e. The van der Waals surface area contributed by atoms with Gasteiger partial charge in [-0.15, -0.1) is 11.3 Å². The quantitative estimate of drug-likeness (QED) is 0.829. The Morgan fingerprint density at radius 2 is 2.05 bits per heavy atom. The van der Waals surface area contributed by atoms with E-state index in [2.05, 4.69) is 15.9 Å². The highest BCUT2D eigenvalue weighted by atomic mass is 79.9. The summed E-state index contributed by atoms with van der Waals surface area (Å²) in [6.45, 7) is 0. The molecule has 1 aromatic heterocycles. The lowest BCUT2D eigenvalue weighted by Crippen LogP contribution is -2.27. The van der Waals surface area contributed by atoms with Gasteiger partial charge in [0.25, 0.3) is 5.91 Å². The molecule has 1 amide bonds. The van der Waals surface area contributed by atoms with Crippen molar-refractivity contribution in [3.8, 4) is 0 Å². The second-order valence-electron chi connectivity index (χ2n) is 4.09. The number of nitrogens with zero attached hydrogens (tertiary/aromatic N) is 1. The zero-order valence-electron chi connectivity index (χ0n) is 10.5. The molecular formula is C13H11BrN2O3S. The number of hydrogen-bond donors (Lipinski definition) is 2. The number of carboxylic acids is 1. The van der Waals surface area contributed by atoms with Gasteiger partial charge in [-0.25, -0.2) is 4.79 Å². The molecule has 0 aliphatic rings. The molecule has 5 nitrogen and oxygen atoms in total. The molecule has 20 heavy (non-hydrogen) atoms. The van der Waals surface area contributed by atoms with E-state index in [1.165, 1.54) is 35.4 Å². The predicted molar refractivity (Wildman–Crippen MR) is 82.6 cm³/mol. The van der Waals surface area contributed by atoms with Gasteiger partial charge in [0.1, 0.15) is 0 Å². The third-order valence-corrected chi connectivity index (χ3v) is 4.24. The van der Waals surface area contributed by atoms with E-state index in [0.717, 1.165) is 3.79 Å². The summed E-state index contributed by atoms with van der Waals surface area (Å²) >= 11 is 4.68. The molecule has 0 fully saturated rings. The Hall–Kier alpha value is -1.86. The van der Waals surface area contributed by atoms with Gasteiger partial charge in [-0.3, -0.25) is 4.79 Å². The fraction of sp³-hybridized carbons (Fsp3) is 0.0769. The van der Waals surface area contributed by atoms with Crippen LogP contribution >= 0.6 is 27.3 Å². The van der Waals surface area contributed by atoms with Crippen molar-refractivity contribution in [3.05, 3.63) is 44.6 Å². The highest BCUT2D eigenvalue weighted by molar-refractivity contribution is 9.11. The van der Waals surface area contributed by atoms with Crippen molar-refractivity contribution in [2.45, 2.75) is 0 Å². The number of carbonyl (C=O) groups excluding carboxylic acids is 1.